The lowest BCUT2D eigenvalue weighted by molar-refractivity contribution is -0.117. The number of anilines is 1. The maximum atomic E-state index is 13.2. The predicted molar refractivity (Wildman–Crippen MR) is 107 cm³/mol. The van der Waals surface area contributed by atoms with Gasteiger partial charge in [-0.25, -0.2) is 9.97 Å². The molecule has 29 heavy (non-hydrogen) atoms. The third-order valence-electron chi connectivity index (χ3n) is 5.87. The minimum atomic E-state index is -0.634. The van der Waals surface area contributed by atoms with Crippen LogP contribution in [0.15, 0.2) is 24.5 Å². The Hall–Kier alpha value is -2.87. The Morgan fingerprint density at radius 1 is 1.34 bits per heavy atom. The van der Waals surface area contributed by atoms with Crippen LogP contribution in [0.5, 0.6) is 0 Å². The largest absolute Gasteiger partial charge is 0.383 e. The van der Waals surface area contributed by atoms with Gasteiger partial charge in [0.05, 0.1) is 25.1 Å². The van der Waals surface area contributed by atoms with Crippen molar-refractivity contribution < 1.29 is 14.3 Å². The standard InChI is InChI=1S/C21H25N5O3/c1-14-16-12-17(27)25(10-11-29-3)18(16)24-20(23-14)21(2)7-5-9-26(21)19(28)15-6-4-8-22-13-15/h4,6,8,13H,5,7,9-12H2,1-3H3/t21-/m1/s1. The summed E-state index contributed by atoms with van der Waals surface area (Å²) in [5.74, 6) is 1.16. The zero-order valence-corrected chi connectivity index (χ0v) is 17.0. The number of ether oxygens (including phenoxy) is 1. The smallest absolute Gasteiger partial charge is 0.256 e. The van der Waals surface area contributed by atoms with Crippen molar-refractivity contribution >= 4 is 17.6 Å². The van der Waals surface area contributed by atoms with E-state index in [1.54, 1.807) is 36.5 Å². The van der Waals surface area contributed by atoms with E-state index in [0.717, 1.165) is 24.1 Å². The van der Waals surface area contributed by atoms with Gasteiger partial charge >= 0.3 is 0 Å². The molecule has 2 aromatic rings. The lowest BCUT2D eigenvalue weighted by Gasteiger charge is -2.34. The number of pyridine rings is 1. The highest BCUT2D eigenvalue weighted by Gasteiger charge is 2.45. The molecule has 2 aliphatic heterocycles. The summed E-state index contributed by atoms with van der Waals surface area (Å²) in [7, 11) is 1.61. The Morgan fingerprint density at radius 2 is 2.17 bits per heavy atom. The van der Waals surface area contributed by atoms with E-state index in [-0.39, 0.29) is 11.8 Å². The molecule has 1 saturated heterocycles. The van der Waals surface area contributed by atoms with E-state index in [4.69, 9.17) is 14.7 Å². The number of hydrogen-bond acceptors (Lipinski definition) is 6. The van der Waals surface area contributed by atoms with Crippen molar-refractivity contribution in [3.05, 3.63) is 47.2 Å². The molecule has 0 spiro atoms. The molecule has 1 atom stereocenters. The van der Waals surface area contributed by atoms with Crippen molar-refractivity contribution in [1.82, 2.24) is 19.9 Å². The molecule has 2 aromatic heterocycles. The fourth-order valence-corrected chi connectivity index (χ4v) is 4.20. The van der Waals surface area contributed by atoms with Gasteiger partial charge in [-0.2, -0.15) is 0 Å². The molecule has 4 heterocycles. The van der Waals surface area contributed by atoms with E-state index < -0.39 is 5.54 Å². The second-order valence-corrected chi connectivity index (χ2v) is 7.73. The quantitative estimate of drug-likeness (QED) is 0.768. The van der Waals surface area contributed by atoms with Gasteiger partial charge in [0.15, 0.2) is 5.82 Å². The average Bonchev–Trinajstić information content (AvgIpc) is 3.27. The molecule has 0 aromatic carbocycles. The first kappa shape index (κ1) is 19.4. The van der Waals surface area contributed by atoms with Crippen LogP contribution in [0.4, 0.5) is 5.82 Å². The summed E-state index contributed by atoms with van der Waals surface area (Å²) in [5, 5.41) is 0. The zero-order chi connectivity index (χ0) is 20.6. The van der Waals surface area contributed by atoms with Crippen LogP contribution in [0.3, 0.4) is 0 Å². The fourth-order valence-electron chi connectivity index (χ4n) is 4.20. The van der Waals surface area contributed by atoms with Gasteiger partial charge in [0.25, 0.3) is 5.91 Å². The van der Waals surface area contributed by atoms with Crippen LogP contribution in [0.25, 0.3) is 0 Å². The maximum Gasteiger partial charge on any atom is 0.256 e. The van der Waals surface area contributed by atoms with E-state index in [9.17, 15) is 9.59 Å². The lowest BCUT2D eigenvalue weighted by Crippen LogP contribution is -2.44. The Labute approximate surface area is 169 Å². The maximum absolute atomic E-state index is 13.2. The van der Waals surface area contributed by atoms with Crippen molar-refractivity contribution in [1.29, 1.82) is 0 Å². The topological polar surface area (TPSA) is 88.5 Å². The minimum absolute atomic E-state index is 0.00599. The highest BCUT2D eigenvalue weighted by atomic mass is 16.5. The van der Waals surface area contributed by atoms with Crippen molar-refractivity contribution in [2.75, 3.05) is 31.7 Å². The fraction of sp³-hybridized carbons (Fsp3) is 0.476. The van der Waals surface area contributed by atoms with Crippen LogP contribution < -0.4 is 4.90 Å². The summed E-state index contributed by atoms with van der Waals surface area (Å²) >= 11 is 0. The zero-order valence-electron chi connectivity index (χ0n) is 17.0. The predicted octanol–water partition coefficient (Wildman–Crippen LogP) is 1.87. The van der Waals surface area contributed by atoms with Crippen LogP contribution in [0.2, 0.25) is 0 Å². The summed E-state index contributed by atoms with van der Waals surface area (Å²) in [4.78, 5) is 42.8. The van der Waals surface area contributed by atoms with Gasteiger partial charge in [-0.15, -0.1) is 0 Å². The molecule has 0 aliphatic carbocycles. The van der Waals surface area contributed by atoms with Crippen molar-refractivity contribution in [3.63, 3.8) is 0 Å². The molecule has 0 saturated carbocycles. The van der Waals surface area contributed by atoms with Crippen LogP contribution in [-0.2, 0) is 21.5 Å². The van der Waals surface area contributed by atoms with Gasteiger partial charge in [0.1, 0.15) is 11.4 Å². The molecular formula is C21H25N5O3. The van der Waals surface area contributed by atoms with Gasteiger partial charge in [-0.05, 0) is 38.8 Å². The normalized spacial score (nSPS) is 21.0. The summed E-state index contributed by atoms with van der Waals surface area (Å²) in [6.45, 7) is 5.43. The van der Waals surface area contributed by atoms with Crippen LogP contribution in [-0.4, -0.2) is 58.5 Å². The van der Waals surface area contributed by atoms with Gasteiger partial charge < -0.3 is 9.64 Å². The summed E-state index contributed by atoms with van der Waals surface area (Å²) in [6, 6.07) is 3.53. The molecule has 2 amide bonds. The number of aryl methyl sites for hydroxylation is 1. The average molecular weight is 395 g/mol. The molecule has 0 unspecified atom stereocenters. The Bertz CT molecular complexity index is 949. The van der Waals surface area contributed by atoms with Gasteiger partial charge in [0, 0.05) is 37.3 Å². The molecule has 0 N–H and O–H groups in total. The highest BCUT2D eigenvalue weighted by molar-refractivity contribution is 6.00. The number of aromatic nitrogens is 3. The van der Waals surface area contributed by atoms with E-state index in [0.29, 0.717) is 43.3 Å². The minimum Gasteiger partial charge on any atom is -0.383 e. The number of likely N-dealkylation sites (tertiary alicyclic amines) is 1. The summed E-state index contributed by atoms with van der Waals surface area (Å²) < 4.78 is 5.15. The SMILES string of the molecule is COCCN1C(=O)Cc2c(C)nc([C@@]3(C)CCCN3C(=O)c3cccnc3)nc21. The van der Waals surface area contributed by atoms with Crippen LogP contribution in [0.1, 0.15) is 47.2 Å². The number of carbonyl (C=O) groups excluding carboxylic acids is 2. The van der Waals surface area contributed by atoms with Crippen molar-refractivity contribution in [2.24, 2.45) is 0 Å². The van der Waals surface area contributed by atoms with Crippen molar-refractivity contribution in [3.8, 4) is 0 Å². The first-order valence-corrected chi connectivity index (χ1v) is 9.85. The first-order chi connectivity index (χ1) is 14.0. The monoisotopic (exact) mass is 395 g/mol. The van der Waals surface area contributed by atoms with E-state index in [2.05, 4.69) is 4.98 Å². The van der Waals surface area contributed by atoms with E-state index >= 15 is 0 Å². The molecule has 4 rings (SSSR count). The Morgan fingerprint density at radius 3 is 2.90 bits per heavy atom. The van der Waals surface area contributed by atoms with E-state index in [1.807, 2.05) is 18.7 Å². The first-order valence-electron chi connectivity index (χ1n) is 9.85. The molecule has 0 radical (unpaired) electrons. The third kappa shape index (κ3) is 3.27. The number of amides is 2. The molecule has 152 valence electrons. The van der Waals surface area contributed by atoms with Crippen LogP contribution in [0, 0.1) is 6.92 Å². The molecular weight excluding hydrogens is 370 g/mol. The number of rotatable bonds is 5. The van der Waals surface area contributed by atoms with Gasteiger partial charge in [0.2, 0.25) is 5.91 Å². The second kappa shape index (κ2) is 7.51. The van der Waals surface area contributed by atoms with Crippen molar-refractivity contribution in [2.45, 2.75) is 38.6 Å². The number of methoxy groups -OCH3 is 1. The van der Waals surface area contributed by atoms with Crippen LogP contribution >= 0.6 is 0 Å². The highest BCUT2D eigenvalue weighted by Crippen LogP contribution is 2.40. The summed E-state index contributed by atoms with van der Waals surface area (Å²) in [5.41, 5.74) is 1.57. The third-order valence-corrected chi connectivity index (χ3v) is 5.87. The number of nitrogens with zero attached hydrogens (tertiary/aromatic N) is 5. The number of carbonyl (C=O) groups is 2. The molecule has 1 fully saturated rings. The summed E-state index contributed by atoms with van der Waals surface area (Å²) in [6.07, 6.45) is 5.18. The molecule has 0 bridgehead atoms. The van der Waals surface area contributed by atoms with E-state index in [1.165, 1.54) is 0 Å². The number of fused-ring (bicyclic) bond motifs is 1. The molecule has 2 aliphatic rings. The lowest BCUT2D eigenvalue weighted by atomic mass is 9.96. The number of hydrogen-bond donors (Lipinski definition) is 0. The Balaban J connectivity index is 1.72. The molecule has 8 nitrogen and oxygen atoms in total. The second-order valence-electron chi connectivity index (χ2n) is 7.73. The van der Waals surface area contributed by atoms with Gasteiger partial charge in [-0.1, -0.05) is 0 Å². The van der Waals surface area contributed by atoms with Gasteiger partial charge in [-0.3, -0.25) is 19.5 Å². The molecule has 8 heteroatoms. The Kier molecular flexibility index (Phi) is 5.04.